The predicted molar refractivity (Wildman–Crippen MR) is 168 cm³/mol. The Morgan fingerprint density at radius 2 is 1.71 bits per heavy atom. The second kappa shape index (κ2) is 18.1. The van der Waals surface area contributed by atoms with Crippen LogP contribution in [0.4, 0.5) is 0 Å². The maximum Gasteiger partial charge on any atom is 0.461 e. The van der Waals surface area contributed by atoms with Gasteiger partial charge in [-0.25, -0.2) is 4.98 Å². The predicted octanol–water partition coefficient (Wildman–Crippen LogP) is 5.70. The molecule has 1 saturated heterocycles. The number of ketones is 1. The summed E-state index contributed by atoms with van der Waals surface area (Å²) in [5.41, 5.74) is 1.16. The molecular formula is C33H51BN4O4. The van der Waals surface area contributed by atoms with E-state index in [2.05, 4.69) is 43.1 Å². The number of hydrogen-bond donors (Lipinski definition) is 1. The third-order valence-electron chi connectivity index (χ3n) is 8.08. The first-order chi connectivity index (χ1) is 20.3. The number of hydrogen-bond acceptors (Lipinski definition) is 6. The monoisotopic (exact) mass is 578 g/mol. The molecule has 42 heavy (non-hydrogen) atoms. The van der Waals surface area contributed by atoms with Crippen molar-refractivity contribution in [2.75, 3.05) is 32.8 Å². The van der Waals surface area contributed by atoms with Crippen LogP contribution in [-0.4, -0.2) is 72.1 Å². The molecule has 1 aromatic heterocycles. The van der Waals surface area contributed by atoms with E-state index in [4.69, 9.17) is 9.31 Å². The highest BCUT2D eigenvalue weighted by molar-refractivity contribution is 6.47. The molecule has 1 aromatic carbocycles. The SMILES string of the molecule is [CH2-][N+]1(CCCCCCCC)CCOB([C@@H](CC(=O)[C@H](Cc2ccccc2)NC(=O)c2cnccn2)CC(C)C)OCC1. The van der Waals surface area contributed by atoms with Crippen LogP contribution in [0.2, 0.25) is 5.82 Å². The van der Waals surface area contributed by atoms with E-state index >= 15 is 0 Å². The number of rotatable bonds is 17. The van der Waals surface area contributed by atoms with Crippen molar-refractivity contribution in [2.45, 2.75) is 90.4 Å². The second-order valence-electron chi connectivity index (χ2n) is 12.3. The minimum Gasteiger partial charge on any atom is -0.453 e. The van der Waals surface area contributed by atoms with Crippen LogP contribution in [0.5, 0.6) is 0 Å². The molecule has 1 amide bonds. The van der Waals surface area contributed by atoms with Crippen molar-refractivity contribution in [2.24, 2.45) is 5.92 Å². The minimum absolute atomic E-state index is 0.0404. The Morgan fingerprint density at radius 1 is 1.02 bits per heavy atom. The number of unbranched alkanes of at least 4 members (excludes halogenated alkanes) is 5. The van der Waals surface area contributed by atoms with Crippen molar-refractivity contribution >= 4 is 18.8 Å². The third kappa shape index (κ3) is 11.9. The fourth-order valence-corrected chi connectivity index (χ4v) is 5.65. The highest BCUT2D eigenvalue weighted by Gasteiger charge is 2.37. The summed E-state index contributed by atoms with van der Waals surface area (Å²) >= 11 is 0. The first-order valence-electron chi connectivity index (χ1n) is 15.9. The molecule has 0 spiro atoms. The molecule has 1 N–H and O–H groups in total. The van der Waals surface area contributed by atoms with Gasteiger partial charge in [0, 0.05) is 24.6 Å². The molecule has 0 aliphatic carbocycles. The highest BCUT2D eigenvalue weighted by Crippen LogP contribution is 2.29. The van der Waals surface area contributed by atoms with E-state index in [0.717, 1.165) is 31.6 Å². The zero-order valence-corrected chi connectivity index (χ0v) is 26.0. The van der Waals surface area contributed by atoms with Crippen LogP contribution in [0.25, 0.3) is 0 Å². The van der Waals surface area contributed by atoms with E-state index in [1.165, 1.54) is 57.1 Å². The lowest BCUT2D eigenvalue weighted by Gasteiger charge is -2.44. The quantitative estimate of drug-likeness (QED) is 0.112. The molecule has 2 aromatic rings. The Morgan fingerprint density at radius 3 is 2.36 bits per heavy atom. The van der Waals surface area contributed by atoms with Gasteiger partial charge < -0.3 is 19.1 Å². The number of amides is 1. The molecule has 0 saturated carbocycles. The third-order valence-corrected chi connectivity index (χ3v) is 8.08. The number of quaternary nitrogens is 1. The summed E-state index contributed by atoms with van der Waals surface area (Å²) in [5.74, 6) is -0.210. The maximum absolute atomic E-state index is 13.8. The Balaban J connectivity index is 1.63. The number of Topliss-reactive ketones (excluding diaryl/α,β-unsaturated/α-hetero) is 1. The molecule has 9 heteroatoms. The lowest BCUT2D eigenvalue weighted by molar-refractivity contribution is -0.887. The topological polar surface area (TPSA) is 90.4 Å². The number of benzene rings is 1. The Bertz CT molecular complexity index is 1050. The zero-order valence-electron chi connectivity index (χ0n) is 26.0. The van der Waals surface area contributed by atoms with Crippen molar-refractivity contribution in [3.8, 4) is 0 Å². The summed E-state index contributed by atoms with van der Waals surface area (Å²) in [6.45, 7) is 10.3. The summed E-state index contributed by atoms with van der Waals surface area (Å²) in [7, 11) is 4.06. The molecule has 0 unspecified atom stereocenters. The van der Waals surface area contributed by atoms with E-state index in [0.29, 0.717) is 30.0 Å². The van der Waals surface area contributed by atoms with Crippen LogP contribution in [-0.2, 0) is 20.5 Å². The van der Waals surface area contributed by atoms with Crippen LogP contribution in [0.15, 0.2) is 48.9 Å². The van der Waals surface area contributed by atoms with E-state index in [1.54, 1.807) is 0 Å². The van der Waals surface area contributed by atoms with Crippen LogP contribution in [0, 0.1) is 13.0 Å². The molecule has 8 nitrogen and oxygen atoms in total. The smallest absolute Gasteiger partial charge is 0.453 e. The average Bonchev–Trinajstić information content (AvgIpc) is 2.97. The van der Waals surface area contributed by atoms with E-state index in [1.807, 2.05) is 30.3 Å². The maximum atomic E-state index is 13.8. The number of aromatic nitrogens is 2. The molecule has 230 valence electrons. The minimum atomic E-state index is -0.702. The summed E-state index contributed by atoms with van der Waals surface area (Å²) < 4.78 is 13.3. The van der Waals surface area contributed by atoms with Gasteiger partial charge in [0.05, 0.1) is 45.1 Å². The summed E-state index contributed by atoms with van der Waals surface area (Å²) in [6.07, 6.45) is 13.4. The van der Waals surface area contributed by atoms with Gasteiger partial charge in [0.1, 0.15) is 5.69 Å². The van der Waals surface area contributed by atoms with Gasteiger partial charge in [-0.15, -0.1) is 7.05 Å². The van der Waals surface area contributed by atoms with Crippen molar-refractivity contribution in [1.29, 1.82) is 0 Å². The molecular weight excluding hydrogens is 527 g/mol. The van der Waals surface area contributed by atoms with E-state index in [-0.39, 0.29) is 23.7 Å². The van der Waals surface area contributed by atoms with E-state index in [9.17, 15) is 9.59 Å². The molecule has 2 atom stereocenters. The van der Waals surface area contributed by atoms with Gasteiger partial charge in [-0.1, -0.05) is 76.8 Å². The van der Waals surface area contributed by atoms with Crippen molar-refractivity contribution < 1.29 is 23.4 Å². The highest BCUT2D eigenvalue weighted by atomic mass is 16.6. The molecule has 2 heterocycles. The Hall–Kier alpha value is -2.62. The first-order valence-corrected chi connectivity index (χ1v) is 15.9. The largest absolute Gasteiger partial charge is 0.461 e. The fourth-order valence-electron chi connectivity index (χ4n) is 5.65. The standard InChI is InChI=1S/C33H51BN4O4/c1-5-6-7-8-9-13-18-38(4)19-21-41-34(42-22-20-38)29(23-27(2)3)25-32(39)30(24-28-14-11-10-12-15-28)37-33(40)31-26-35-16-17-36-31/h10-12,14-17,26-27,29-30H,4-9,13,18-25H2,1-3H3,(H,37,40)/t29-,30+/m1/s1. The Kier molecular flexibility index (Phi) is 14.6. The van der Waals surface area contributed by atoms with Gasteiger partial charge in [0.15, 0.2) is 5.78 Å². The second-order valence-corrected chi connectivity index (χ2v) is 12.3. The van der Waals surface area contributed by atoms with E-state index < -0.39 is 19.1 Å². The van der Waals surface area contributed by atoms with Crippen LogP contribution >= 0.6 is 0 Å². The van der Waals surface area contributed by atoms with Gasteiger partial charge >= 0.3 is 7.12 Å². The number of nitrogens with zero attached hydrogens (tertiary/aromatic N) is 3. The summed E-state index contributed by atoms with van der Waals surface area (Å²) in [5, 5.41) is 2.93. The fraction of sp³-hybridized carbons (Fsp3) is 0.606. The van der Waals surface area contributed by atoms with Crippen molar-refractivity contribution in [1.82, 2.24) is 15.3 Å². The van der Waals surface area contributed by atoms with Crippen LogP contribution in [0.3, 0.4) is 0 Å². The Labute approximate surface area is 253 Å². The normalized spacial score (nSPS) is 16.8. The van der Waals surface area contributed by atoms with Gasteiger partial charge in [0.2, 0.25) is 0 Å². The number of nitrogens with one attached hydrogen (secondary N) is 1. The molecule has 1 aliphatic heterocycles. The van der Waals surface area contributed by atoms with Gasteiger partial charge in [-0.3, -0.25) is 14.6 Å². The first kappa shape index (κ1) is 33.9. The number of carbonyl (C=O) groups is 2. The molecule has 1 aliphatic rings. The lowest BCUT2D eigenvalue weighted by atomic mass is 9.64. The molecule has 0 bridgehead atoms. The van der Waals surface area contributed by atoms with Gasteiger partial charge in [-0.2, -0.15) is 0 Å². The van der Waals surface area contributed by atoms with Crippen LogP contribution < -0.4 is 5.32 Å². The van der Waals surface area contributed by atoms with Crippen molar-refractivity contribution in [3.05, 3.63) is 67.2 Å². The lowest BCUT2D eigenvalue weighted by Crippen LogP contribution is -2.51. The molecule has 0 radical (unpaired) electrons. The van der Waals surface area contributed by atoms with Gasteiger partial charge in [0.25, 0.3) is 5.91 Å². The zero-order chi connectivity index (χ0) is 30.2. The average molecular weight is 579 g/mol. The summed E-state index contributed by atoms with van der Waals surface area (Å²) in [6, 6.07) is 9.05. The van der Waals surface area contributed by atoms with Gasteiger partial charge in [-0.05, 0) is 37.2 Å². The summed E-state index contributed by atoms with van der Waals surface area (Å²) in [4.78, 5) is 34.9. The van der Waals surface area contributed by atoms with Crippen molar-refractivity contribution in [3.63, 3.8) is 0 Å². The molecule has 1 fully saturated rings. The van der Waals surface area contributed by atoms with Crippen LogP contribution in [0.1, 0.15) is 88.2 Å². The molecule has 3 rings (SSSR count). The number of carbonyl (C=O) groups excluding carboxylic acids is 2.